The van der Waals surface area contributed by atoms with E-state index in [1.54, 1.807) is 17.9 Å². The molecular weight excluding hydrogens is 232 g/mol. The molecule has 1 aromatic heterocycles. The van der Waals surface area contributed by atoms with Crippen molar-refractivity contribution >= 4 is 11.9 Å². The molecule has 0 saturated carbocycles. The van der Waals surface area contributed by atoms with Crippen LogP contribution in [0.5, 0.6) is 0 Å². The van der Waals surface area contributed by atoms with Gasteiger partial charge in [-0.15, -0.1) is 0 Å². The molecule has 1 fully saturated rings. The number of carbonyl (C=O) groups excluding carboxylic acids is 1. The average molecular weight is 250 g/mol. The lowest BCUT2D eigenvalue weighted by atomic mass is 9.96. The Hall–Kier alpha value is -1.69. The lowest BCUT2D eigenvalue weighted by Gasteiger charge is -2.34. The molecule has 0 radical (unpaired) electrons. The number of rotatable bonds is 1. The van der Waals surface area contributed by atoms with Gasteiger partial charge in [-0.2, -0.15) is 0 Å². The number of aromatic nitrogens is 2. The van der Waals surface area contributed by atoms with Gasteiger partial charge in [-0.25, -0.2) is 9.97 Å². The van der Waals surface area contributed by atoms with Crippen molar-refractivity contribution in [3.8, 4) is 0 Å². The molecule has 3 N–H and O–H groups in total. The van der Waals surface area contributed by atoms with Gasteiger partial charge in [0.2, 0.25) is 5.95 Å². The summed E-state index contributed by atoms with van der Waals surface area (Å²) in [5.74, 6) is 0.133. The second-order valence-corrected chi connectivity index (χ2v) is 4.84. The molecular formula is C12H18N4O2. The summed E-state index contributed by atoms with van der Waals surface area (Å²) in [6.45, 7) is 4.74. The van der Waals surface area contributed by atoms with E-state index in [0.717, 1.165) is 6.42 Å². The molecule has 18 heavy (non-hydrogen) atoms. The van der Waals surface area contributed by atoms with E-state index in [1.165, 1.54) is 0 Å². The molecule has 1 amide bonds. The number of nitrogens with zero attached hydrogens (tertiary/aromatic N) is 3. The van der Waals surface area contributed by atoms with Crippen molar-refractivity contribution in [2.45, 2.75) is 26.4 Å². The summed E-state index contributed by atoms with van der Waals surface area (Å²) in [7, 11) is 0. The van der Waals surface area contributed by atoms with Crippen molar-refractivity contribution in [1.82, 2.24) is 14.9 Å². The Morgan fingerprint density at radius 3 is 2.89 bits per heavy atom. The zero-order valence-corrected chi connectivity index (χ0v) is 10.6. The van der Waals surface area contributed by atoms with E-state index in [-0.39, 0.29) is 17.8 Å². The highest BCUT2D eigenvalue weighted by Crippen LogP contribution is 2.18. The molecule has 2 atom stereocenters. The first kappa shape index (κ1) is 12.8. The SMILES string of the molecule is Cc1cc(C(=O)N2CCC(C)C(O)C2)nc(N)n1. The molecule has 6 nitrogen and oxygen atoms in total. The summed E-state index contributed by atoms with van der Waals surface area (Å²) in [4.78, 5) is 21.7. The van der Waals surface area contributed by atoms with Crippen molar-refractivity contribution < 1.29 is 9.90 Å². The molecule has 2 heterocycles. The van der Waals surface area contributed by atoms with Crippen LogP contribution in [0, 0.1) is 12.8 Å². The monoisotopic (exact) mass is 250 g/mol. The predicted molar refractivity (Wildman–Crippen MR) is 66.9 cm³/mol. The van der Waals surface area contributed by atoms with Gasteiger partial charge in [0.05, 0.1) is 6.10 Å². The van der Waals surface area contributed by atoms with Gasteiger partial charge >= 0.3 is 0 Å². The van der Waals surface area contributed by atoms with Gasteiger partial charge in [0.1, 0.15) is 5.69 Å². The molecule has 0 bridgehead atoms. The topological polar surface area (TPSA) is 92.3 Å². The van der Waals surface area contributed by atoms with E-state index >= 15 is 0 Å². The highest BCUT2D eigenvalue weighted by Gasteiger charge is 2.28. The van der Waals surface area contributed by atoms with Crippen LogP contribution in [0.15, 0.2) is 6.07 Å². The summed E-state index contributed by atoms with van der Waals surface area (Å²) < 4.78 is 0. The van der Waals surface area contributed by atoms with Crippen LogP contribution < -0.4 is 5.73 Å². The van der Waals surface area contributed by atoms with Crippen LogP contribution in [-0.2, 0) is 0 Å². The van der Waals surface area contributed by atoms with E-state index in [2.05, 4.69) is 9.97 Å². The first-order chi connectivity index (χ1) is 8.47. The maximum Gasteiger partial charge on any atom is 0.272 e. The molecule has 2 unspecified atom stereocenters. The minimum atomic E-state index is -0.469. The fourth-order valence-electron chi connectivity index (χ4n) is 2.10. The van der Waals surface area contributed by atoms with E-state index < -0.39 is 6.10 Å². The molecule has 98 valence electrons. The molecule has 0 aromatic carbocycles. The maximum absolute atomic E-state index is 12.2. The van der Waals surface area contributed by atoms with E-state index in [4.69, 9.17) is 5.73 Å². The van der Waals surface area contributed by atoms with Gasteiger partial charge in [0, 0.05) is 18.8 Å². The predicted octanol–water partition coefficient (Wildman–Crippen LogP) is 0.210. The molecule has 1 aromatic rings. The van der Waals surface area contributed by atoms with E-state index in [1.807, 2.05) is 6.92 Å². The fraction of sp³-hybridized carbons (Fsp3) is 0.583. The number of anilines is 1. The van der Waals surface area contributed by atoms with Crippen LogP contribution in [-0.4, -0.2) is 45.1 Å². The summed E-state index contributed by atoms with van der Waals surface area (Å²) in [6, 6.07) is 1.61. The zero-order chi connectivity index (χ0) is 13.3. The van der Waals surface area contributed by atoms with Crippen molar-refractivity contribution in [1.29, 1.82) is 0 Å². The Bertz CT molecular complexity index is 443. The van der Waals surface area contributed by atoms with Gasteiger partial charge in [0.15, 0.2) is 0 Å². The normalized spacial score (nSPS) is 24.1. The van der Waals surface area contributed by atoms with Gasteiger partial charge in [-0.1, -0.05) is 6.92 Å². The smallest absolute Gasteiger partial charge is 0.272 e. The second kappa shape index (κ2) is 4.89. The summed E-state index contributed by atoms with van der Waals surface area (Å²) in [5.41, 5.74) is 6.49. The van der Waals surface area contributed by atoms with E-state index in [9.17, 15) is 9.90 Å². The molecule has 2 rings (SSSR count). The maximum atomic E-state index is 12.2. The van der Waals surface area contributed by atoms with Crippen LogP contribution in [0.4, 0.5) is 5.95 Å². The van der Waals surface area contributed by atoms with Crippen molar-refractivity contribution in [2.24, 2.45) is 5.92 Å². The number of nitrogen functional groups attached to an aromatic ring is 1. The van der Waals surface area contributed by atoms with Gasteiger partial charge in [-0.05, 0) is 25.3 Å². The van der Waals surface area contributed by atoms with Gasteiger partial charge < -0.3 is 15.7 Å². The first-order valence-electron chi connectivity index (χ1n) is 6.06. The van der Waals surface area contributed by atoms with E-state index in [0.29, 0.717) is 24.5 Å². The molecule has 1 aliphatic heterocycles. The highest BCUT2D eigenvalue weighted by molar-refractivity contribution is 5.92. The largest absolute Gasteiger partial charge is 0.391 e. The number of piperidine rings is 1. The zero-order valence-electron chi connectivity index (χ0n) is 10.6. The van der Waals surface area contributed by atoms with Crippen molar-refractivity contribution in [3.63, 3.8) is 0 Å². The van der Waals surface area contributed by atoms with Gasteiger partial charge in [0.25, 0.3) is 5.91 Å². The Kier molecular flexibility index (Phi) is 3.47. The molecule has 1 aliphatic rings. The Balaban J connectivity index is 2.16. The number of aliphatic hydroxyl groups is 1. The average Bonchev–Trinajstić information content (AvgIpc) is 2.30. The molecule has 6 heteroatoms. The number of nitrogens with two attached hydrogens (primary N) is 1. The van der Waals surface area contributed by atoms with Crippen LogP contribution >= 0.6 is 0 Å². The number of likely N-dealkylation sites (tertiary alicyclic amines) is 1. The highest BCUT2D eigenvalue weighted by atomic mass is 16.3. The number of aliphatic hydroxyl groups excluding tert-OH is 1. The third-order valence-corrected chi connectivity index (χ3v) is 3.30. The molecule has 1 saturated heterocycles. The standard InChI is InChI=1S/C12H18N4O2/c1-7-3-4-16(6-10(7)17)11(18)9-5-8(2)14-12(13)15-9/h5,7,10,17H,3-4,6H2,1-2H3,(H2,13,14,15). The second-order valence-electron chi connectivity index (χ2n) is 4.84. The Morgan fingerprint density at radius 2 is 2.28 bits per heavy atom. The molecule has 0 spiro atoms. The number of aryl methyl sites for hydroxylation is 1. The van der Waals surface area contributed by atoms with Crippen LogP contribution in [0.1, 0.15) is 29.5 Å². The summed E-state index contributed by atoms with van der Waals surface area (Å²) >= 11 is 0. The third kappa shape index (κ3) is 2.59. The minimum absolute atomic E-state index is 0.101. The Labute approximate surface area is 106 Å². The number of hydrogen-bond donors (Lipinski definition) is 2. The Morgan fingerprint density at radius 1 is 1.56 bits per heavy atom. The quantitative estimate of drug-likeness (QED) is 0.743. The minimum Gasteiger partial charge on any atom is -0.391 e. The number of carbonyl (C=O) groups is 1. The molecule has 0 aliphatic carbocycles. The van der Waals surface area contributed by atoms with Crippen LogP contribution in [0.2, 0.25) is 0 Å². The lowest BCUT2D eigenvalue weighted by Crippen LogP contribution is -2.46. The first-order valence-corrected chi connectivity index (χ1v) is 6.06. The fourth-order valence-corrected chi connectivity index (χ4v) is 2.10. The van der Waals surface area contributed by atoms with Crippen molar-refractivity contribution in [3.05, 3.63) is 17.5 Å². The van der Waals surface area contributed by atoms with Crippen LogP contribution in [0.25, 0.3) is 0 Å². The van der Waals surface area contributed by atoms with Crippen LogP contribution in [0.3, 0.4) is 0 Å². The number of β-amino-alcohol motifs (C(OH)–C–C–N with tert-alkyl or cyclic N) is 1. The summed E-state index contributed by atoms with van der Waals surface area (Å²) in [5, 5.41) is 9.80. The van der Waals surface area contributed by atoms with Crippen molar-refractivity contribution in [2.75, 3.05) is 18.8 Å². The third-order valence-electron chi connectivity index (χ3n) is 3.30. The number of hydrogen-bond acceptors (Lipinski definition) is 5. The summed E-state index contributed by atoms with van der Waals surface area (Å²) in [6.07, 6.45) is 0.329. The van der Waals surface area contributed by atoms with Gasteiger partial charge in [-0.3, -0.25) is 4.79 Å². The lowest BCUT2D eigenvalue weighted by molar-refractivity contribution is 0.0245. The number of amides is 1.